The van der Waals surface area contributed by atoms with Gasteiger partial charge in [0.1, 0.15) is 0 Å². The van der Waals surface area contributed by atoms with E-state index in [1.54, 1.807) is 29.2 Å². The molecule has 1 spiro atoms. The number of carbonyl (C=O) groups is 2. The summed E-state index contributed by atoms with van der Waals surface area (Å²) < 4.78 is 11.3. The van der Waals surface area contributed by atoms with Gasteiger partial charge in [-0.05, 0) is 6.07 Å². The minimum absolute atomic E-state index is 0.0185. The molecule has 9 nitrogen and oxygen atoms in total. The summed E-state index contributed by atoms with van der Waals surface area (Å²) in [5.41, 5.74) is 0.170. The van der Waals surface area contributed by atoms with Crippen molar-refractivity contribution in [1.29, 1.82) is 0 Å². The van der Waals surface area contributed by atoms with E-state index >= 15 is 0 Å². The van der Waals surface area contributed by atoms with Crippen LogP contribution >= 0.6 is 0 Å². The highest BCUT2D eigenvalue weighted by Crippen LogP contribution is 2.31. The SMILES string of the molecule is O=C(Cc1n[nH]c(=O)c2ccccc12)NCC(=O)N1CCC2(CC1)OCCO2. The number of rotatable bonds is 4. The molecule has 2 aliphatic heterocycles. The molecule has 0 unspecified atom stereocenters. The Morgan fingerprint density at radius 1 is 1.14 bits per heavy atom. The molecular formula is C19H22N4O5. The molecule has 4 rings (SSSR count). The van der Waals surface area contributed by atoms with E-state index in [-0.39, 0.29) is 30.3 Å². The van der Waals surface area contributed by atoms with Gasteiger partial charge in [-0.15, -0.1) is 0 Å². The molecule has 0 bridgehead atoms. The van der Waals surface area contributed by atoms with E-state index < -0.39 is 5.79 Å². The van der Waals surface area contributed by atoms with Gasteiger partial charge in [0.05, 0.1) is 37.3 Å². The summed E-state index contributed by atoms with van der Waals surface area (Å²) in [4.78, 5) is 38.2. The Bertz CT molecular complexity index is 941. The zero-order valence-corrected chi connectivity index (χ0v) is 15.4. The largest absolute Gasteiger partial charge is 0.347 e. The second kappa shape index (κ2) is 7.69. The highest BCUT2D eigenvalue weighted by molar-refractivity contribution is 5.90. The quantitative estimate of drug-likeness (QED) is 0.762. The summed E-state index contributed by atoms with van der Waals surface area (Å²) in [5, 5.41) is 10.1. The lowest BCUT2D eigenvalue weighted by Crippen LogP contribution is -2.49. The number of aromatic amines is 1. The molecule has 1 aromatic carbocycles. The van der Waals surface area contributed by atoms with Crippen LogP contribution in [0.25, 0.3) is 10.8 Å². The highest BCUT2D eigenvalue weighted by Gasteiger charge is 2.40. The lowest BCUT2D eigenvalue weighted by Gasteiger charge is -2.37. The van der Waals surface area contributed by atoms with Crippen LogP contribution in [-0.4, -0.2) is 65.5 Å². The summed E-state index contributed by atoms with van der Waals surface area (Å²) in [7, 11) is 0. The van der Waals surface area contributed by atoms with Crippen molar-refractivity contribution in [2.75, 3.05) is 32.8 Å². The van der Waals surface area contributed by atoms with Crippen LogP contribution in [0.5, 0.6) is 0 Å². The first-order chi connectivity index (χ1) is 13.6. The summed E-state index contributed by atoms with van der Waals surface area (Å²) in [6.45, 7) is 2.20. The molecule has 0 aliphatic carbocycles. The fourth-order valence-electron chi connectivity index (χ4n) is 3.69. The topological polar surface area (TPSA) is 114 Å². The van der Waals surface area contributed by atoms with Crippen molar-refractivity contribution in [2.45, 2.75) is 25.0 Å². The minimum atomic E-state index is -0.531. The second-order valence-corrected chi connectivity index (χ2v) is 6.99. The van der Waals surface area contributed by atoms with E-state index in [4.69, 9.17) is 9.47 Å². The predicted molar refractivity (Wildman–Crippen MR) is 99.5 cm³/mol. The van der Waals surface area contributed by atoms with E-state index in [0.717, 1.165) is 0 Å². The van der Waals surface area contributed by atoms with Crippen LogP contribution in [0.1, 0.15) is 18.5 Å². The third kappa shape index (κ3) is 3.76. The standard InChI is InChI=1S/C19H22N4O5/c24-16(11-15-13-3-1-2-4-14(13)18(26)22-21-15)20-12-17(25)23-7-5-19(6-8-23)27-9-10-28-19/h1-4H,5-12H2,(H,20,24)(H,22,26). The van der Waals surface area contributed by atoms with Crippen molar-refractivity contribution in [2.24, 2.45) is 0 Å². The van der Waals surface area contributed by atoms with Crippen LogP contribution in [0.15, 0.2) is 29.1 Å². The van der Waals surface area contributed by atoms with Gasteiger partial charge in [-0.3, -0.25) is 14.4 Å². The van der Waals surface area contributed by atoms with E-state index in [1.807, 2.05) is 0 Å². The van der Waals surface area contributed by atoms with Crippen molar-refractivity contribution < 1.29 is 19.1 Å². The van der Waals surface area contributed by atoms with Crippen LogP contribution in [0, 0.1) is 0 Å². The number of likely N-dealkylation sites (tertiary alicyclic amines) is 1. The highest BCUT2D eigenvalue weighted by atomic mass is 16.7. The Kier molecular flexibility index (Phi) is 5.10. The van der Waals surface area contributed by atoms with Gasteiger partial charge < -0.3 is 19.7 Å². The first kappa shape index (κ1) is 18.6. The number of aromatic nitrogens is 2. The fourth-order valence-corrected chi connectivity index (χ4v) is 3.69. The lowest BCUT2D eigenvalue weighted by molar-refractivity contribution is -0.187. The monoisotopic (exact) mass is 386 g/mol. The number of piperidine rings is 1. The Balaban J connectivity index is 1.31. The average Bonchev–Trinajstić information content (AvgIpc) is 3.17. The Hall–Kier alpha value is -2.78. The number of hydrogen-bond donors (Lipinski definition) is 2. The molecular weight excluding hydrogens is 364 g/mol. The van der Waals surface area contributed by atoms with E-state index in [9.17, 15) is 14.4 Å². The Labute approximate surface area is 161 Å². The number of nitrogens with zero attached hydrogens (tertiary/aromatic N) is 2. The van der Waals surface area contributed by atoms with Gasteiger partial charge >= 0.3 is 0 Å². The maximum absolute atomic E-state index is 12.4. The number of H-pyrrole nitrogens is 1. The zero-order chi connectivity index (χ0) is 19.6. The summed E-state index contributed by atoms with van der Waals surface area (Å²) in [5.74, 6) is -0.994. The molecule has 0 radical (unpaired) electrons. The Morgan fingerprint density at radius 3 is 2.54 bits per heavy atom. The van der Waals surface area contributed by atoms with Gasteiger partial charge in [0, 0.05) is 31.3 Å². The molecule has 28 heavy (non-hydrogen) atoms. The van der Waals surface area contributed by atoms with Crippen molar-refractivity contribution >= 4 is 22.6 Å². The summed E-state index contributed by atoms with van der Waals surface area (Å²) in [6.07, 6.45) is 1.26. The number of carbonyl (C=O) groups excluding carboxylic acids is 2. The first-order valence-corrected chi connectivity index (χ1v) is 9.35. The second-order valence-electron chi connectivity index (χ2n) is 6.99. The van der Waals surface area contributed by atoms with Crippen LogP contribution in [0.4, 0.5) is 0 Å². The molecule has 2 N–H and O–H groups in total. The summed E-state index contributed by atoms with van der Waals surface area (Å²) in [6, 6.07) is 6.98. The third-order valence-corrected chi connectivity index (χ3v) is 5.23. The van der Waals surface area contributed by atoms with E-state index in [0.29, 0.717) is 55.6 Å². The molecule has 2 aromatic rings. The van der Waals surface area contributed by atoms with Gasteiger partial charge in [-0.25, -0.2) is 5.10 Å². The van der Waals surface area contributed by atoms with Crippen molar-refractivity contribution in [3.05, 3.63) is 40.3 Å². The molecule has 2 saturated heterocycles. The number of fused-ring (bicyclic) bond motifs is 1. The maximum atomic E-state index is 12.4. The smallest absolute Gasteiger partial charge is 0.272 e. The molecule has 1 aromatic heterocycles. The lowest BCUT2D eigenvalue weighted by atomic mass is 10.0. The van der Waals surface area contributed by atoms with Gasteiger partial charge in [-0.2, -0.15) is 5.10 Å². The molecule has 2 fully saturated rings. The minimum Gasteiger partial charge on any atom is -0.347 e. The van der Waals surface area contributed by atoms with E-state index in [2.05, 4.69) is 15.5 Å². The molecule has 0 atom stereocenters. The number of nitrogens with one attached hydrogen (secondary N) is 2. The van der Waals surface area contributed by atoms with Crippen LogP contribution in [0.3, 0.4) is 0 Å². The number of ether oxygens (including phenoxy) is 2. The van der Waals surface area contributed by atoms with Crippen LogP contribution < -0.4 is 10.9 Å². The molecule has 2 aliphatic rings. The number of amides is 2. The molecule has 3 heterocycles. The average molecular weight is 386 g/mol. The van der Waals surface area contributed by atoms with Gasteiger partial charge in [0.2, 0.25) is 11.8 Å². The summed E-state index contributed by atoms with van der Waals surface area (Å²) >= 11 is 0. The third-order valence-electron chi connectivity index (χ3n) is 5.23. The van der Waals surface area contributed by atoms with Crippen molar-refractivity contribution in [3.63, 3.8) is 0 Å². The molecule has 0 saturated carbocycles. The number of hydrogen-bond acceptors (Lipinski definition) is 6. The van der Waals surface area contributed by atoms with Gasteiger partial charge in [0.15, 0.2) is 5.79 Å². The Morgan fingerprint density at radius 2 is 1.82 bits per heavy atom. The van der Waals surface area contributed by atoms with Crippen molar-refractivity contribution in [1.82, 2.24) is 20.4 Å². The van der Waals surface area contributed by atoms with Gasteiger partial charge in [0.25, 0.3) is 5.56 Å². The van der Waals surface area contributed by atoms with Crippen LogP contribution in [-0.2, 0) is 25.5 Å². The normalized spacial score (nSPS) is 18.5. The first-order valence-electron chi connectivity index (χ1n) is 9.35. The molecule has 148 valence electrons. The van der Waals surface area contributed by atoms with Crippen LogP contribution in [0.2, 0.25) is 0 Å². The fraction of sp³-hybridized carbons (Fsp3) is 0.474. The molecule has 9 heteroatoms. The number of benzene rings is 1. The molecule has 2 amide bonds. The predicted octanol–water partition coefficient (Wildman–Crippen LogP) is -0.0527. The van der Waals surface area contributed by atoms with Gasteiger partial charge in [-0.1, -0.05) is 18.2 Å². The zero-order valence-electron chi connectivity index (χ0n) is 15.4. The maximum Gasteiger partial charge on any atom is 0.272 e. The van der Waals surface area contributed by atoms with E-state index in [1.165, 1.54) is 0 Å². The van der Waals surface area contributed by atoms with Crippen molar-refractivity contribution in [3.8, 4) is 0 Å².